The Morgan fingerprint density at radius 1 is 1.28 bits per heavy atom. The summed E-state index contributed by atoms with van der Waals surface area (Å²) in [7, 11) is 1.49. The summed E-state index contributed by atoms with van der Waals surface area (Å²) in [6.07, 6.45) is 1.23. The molecule has 2 bridgehead atoms. The molecule has 2 atom stereocenters. The van der Waals surface area contributed by atoms with Gasteiger partial charge in [-0.3, -0.25) is 24.9 Å². The molecule has 1 N–H and O–H groups in total. The van der Waals surface area contributed by atoms with Gasteiger partial charge in [-0.2, -0.15) is 5.06 Å². The SMILES string of the molecule is CC(=O)NN(C)C(=O)[C@H]1CC[C@H]2CN1C(=O)N2OCc1ccccc1. The average Bonchev–Trinajstić information content (AvgIpc) is 2.84. The number of nitrogens with one attached hydrogen (secondary N) is 1. The van der Waals surface area contributed by atoms with Crippen LogP contribution in [0.15, 0.2) is 30.3 Å². The third-order valence-corrected chi connectivity index (χ3v) is 4.48. The molecular weight excluding hydrogens is 324 g/mol. The predicted molar refractivity (Wildman–Crippen MR) is 88.6 cm³/mol. The van der Waals surface area contributed by atoms with Crippen LogP contribution in [0.4, 0.5) is 4.79 Å². The molecule has 2 aliphatic rings. The topological polar surface area (TPSA) is 82.2 Å². The fraction of sp³-hybridized carbons (Fsp3) is 0.471. The molecule has 3 rings (SSSR count). The van der Waals surface area contributed by atoms with Crippen LogP contribution >= 0.6 is 0 Å². The number of hydroxylamine groups is 2. The smallest absolute Gasteiger partial charge is 0.309 e. The lowest BCUT2D eigenvalue weighted by Crippen LogP contribution is -2.54. The number of hydrogen-bond donors (Lipinski definition) is 1. The van der Waals surface area contributed by atoms with Gasteiger partial charge in [-0.25, -0.2) is 4.79 Å². The van der Waals surface area contributed by atoms with E-state index in [-0.39, 0.29) is 23.9 Å². The molecule has 1 aromatic rings. The number of amides is 4. The molecule has 8 nitrogen and oxygen atoms in total. The Morgan fingerprint density at radius 2 is 2.00 bits per heavy atom. The minimum atomic E-state index is -0.578. The van der Waals surface area contributed by atoms with Crippen molar-refractivity contribution >= 4 is 17.8 Å². The minimum Gasteiger partial charge on any atom is -0.309 e. The summed E-state index contributed by atoms with van der Waals surface area (Å²) in [5.41, 5.74) is 3.41. The van der Waals surface area contributed by atoms with Crippen LogP contribution in [0.2, 0.25) is 0 Å². The fourth-order valence-electron chi connectivity index (χ4n) is 3.29. The Labute approximate surface area is 146 Å². The van der Waals surface area contributed by atoms with Gasteiger partial charge < -0.3 is 4.90 Å². The van der Waals surface area contributed by atoms with Crippen LogP contribution in [-0.2, 0) is 21.0 Å². The van der Waals surface area contributed by atoms with E-state index in [4.69, 9.17) is 4.84 Å². The van der Waals surface area contributed by atoms with Gasteiger partial charge in [-0.1, -0.05) is 30.3 Å². The Kier molecular flexibility index (Phi) is 4.89. The monoisotopic (exact) mass is 346 g/mol. The number of carbonyl (C=O) groups excluding carboxylic acids is 3. The second-order valence-electron chi connectivity index (χ2n) is 6.33. The van der Waals surface area contributed by atoms with Crippen molar-refractivity contribution in [1.29, 1.82) is 0 Å². The van der Waals surface area contributed by atoms with E-state index < -0.39 is 6.04 Å². The van der Waals surface area contributed by atoms with E-state index in [0.717, 1.165) is 10.6 Å². The Morgan fingerprint density at radius 3 is 2.68 bits per heavy atom. The molecule has 0 saturated carbocycles. The number of likely N-dealkylation sites (N-methyl/N-ethyl adjacent to an activating group) is 1. The maximum absolute atomic E-state index is 12.6. The predicted octanol–water partition coefficient (Wildman–Crippen LogP) is 0.896. The van der Waals surface area contributed by atoms with Gasteiger partial charge >= 0.3 is 6.03 Å². The molecule has 4 amide bonds. The summed E-state index contributed by atoms with van der Waals surface area (Å²) < 4.78 is 0. The molecule has 0 aliphatic carbocycles. The largest absolute Gasteiger partial charge is 0.345 e. The summed E-state index contributed by atoms with van der Waals surface area (Å²) in [5, 5.41) is 2.53. The minimum absolute atomic E-state index is 0.0497. The van der Waals surface area contributed by atoms with E-state index in [1.165, 1.54) is 23.9 Å². The van der Waals surface area contributed by atoms with Crippen LogP contribution in [0, 0.1) is 0 Å². The Balaban J connectivity index is 1.64. The lowest BCUT2D eigenvalue weighted by molar-refractivity contribution is -0.143. The van der Waals surface area contributed by atoms with Crippen LogP contribution in [0.1, 0.15) is 25.3 Å². The van der Waals surface area contributed by atoms with Crippen LogP contribution in [0.5, 0.6) is 0 Å². The molecule has 2 fully saturated rings. The number of hydrazine groups is 1. The fourth-order valence-corrected chi connectivity index (χ4v) is 3.29. The third kappa shape index (κ3) is 3.58. The maximum atomic E-state index is 12.6. The van der Waals surface area contributed by atoms with Crippen molar-refractivity contribution in [1.82, 2.24) is 20.4 Å². The second kappa shape index (κ2) is 7.10. The van der Waals surface area contributed by atoms with Crippen LogP contribution in [0.25, 0.3) is 0 Å². The zero-order chi connectivity index (χ0) is 18.0. The quantitative estimate of drug-likeness (QED) is 0.821. The van der Waals surface area contributed by atoms with Crippen LogP contribution < -0.4 is 5.43 Å². The number of rotatable bonds is 4. The van der Waals surface area contributed by atoms with E-state index in [0.29, 0.717) is 26.0 Å². The zero-order valence-electron chi connectivity index (χ0n) is 14.3. The number of piperidine rings is 1. The second-order valence-corrected chi connectivity index (χ2v) is 6.33. The lowest BCUT2D eigenvalue weighted by atomic mass is 10.0. The van der Waals surface area contributed by atoms with Gasteiger partial charge in [-0.15, -0.1) is 0 Å². The van der Waals surface area contributed by atoms with E-state index in [2.05, 4.69) is 5.43 Å². The highest BCUT2D eigenvalue weighted by Crippen LogP contribution is 2.31. The molecule has 134 valence electrons. The number of urea groups is 1. The highest BCUT2D eigenvalue weighted by Gasteiger charge is 2.48. The molecular formula is C17H22N4O4. The summed E-state index contributed by atoms with van der Waals surface area (Å²) >= 11 is 0. The van der Waals surface area contributed by atoms with Gasteiger partial charge in [0, 0.05) is 20.5 Å². The highest BCUT2D eigenvalue weighted by molar-refractivity contribution is 5.89. The van der Waals surface area contributed by atoms with Crippen molar-refractivity contribution in [2.45, 2.75) is 38.5 Å². The Bertz CT molecular complexity index is 666. The summed E-state index contributed by atoms with van der Waals surface area (Å²) in [6, 6.07) is 8.69. The van der Waals surface area contributed by atoms with Gasteiger partial charge in [0.25, 0.3) is 5.91 Å². The van der Waals surface area contributed by atoms with Gasteiger partial charge in [0.15, 0.2) is 0 Å². The summed E-state index contributed by atoms with van der Waals surface area (Å²) in [4.78, 5) is 43.5. The van der Waals surface area contributed by atoms with Crippen LogP contribution in [-0.4, -0.2) is 58.5 Å². The van der Waals surface area contributed by atoms with Crippen molar-refractivity contribution in [2.75, 3.05) is 13.6 Å². The molecule has 0 aromatic heterocycles. The molecule has 8 heteroatoms. The lowest BCUT2D eigenvalue weighted by Gasteiger charge is -2.32. The number of nitrogens with zero attached hydrogens (tertiary/aromatic N) is 3. The molecule has 0 radical (unpaired) electrons. The number of benzene rings is 1. The first-order valence-corrected chi connectivity index (χ1v) is 8.29. The summed E-state index contributed by atoms with van der Waals surface area (Å²) in [5.74, 6) is -0.628. The zero-order valence-corrected chi connectivity index (χ0v) is 14.3. The van der Waals surface area contributed by atoms with Crippen molar-refractivity contribution in [3.63, 3.8) is 0 Å². The standard InChI is InChI=1S/C17H22N4O4/c1-12(22)18-19(2)16(23)15-9-8-14-10-20(15)17(24)21(14)25-11-13-6-4-3-5-7-13/h3-7,14-15H,8-11H2,1-2H3,(H,18,22)/t14-,15+/m0/s1. The molecule has 2 heterocycles. The highest BCUT2D eigenvalue weighted by atomic mass is 16.7. The number of hydrogen-bond acceptors (Lipinski definition) is 4. The van der Waals surface area contributed by atoms with Crippen molar-refractivity contribution in [2.24, 2.45) is 0 Å². The van der Waals surface area contributed by atoms with Crippen molar-refractivity contribution < 1.29 is 19.2 Å². The van der Waals surface area contributed by atoms with Gasteiger partial charge in [0.2, 0.25) is 5.91 Å². The van der Waals surface area contributed by atoms with E-state index in [1.807, 2.05) is 30.3 Å². The van der Waals surface area contributed by atoms with Crippen LogP contribution in [0.3, 0.4) is 0 Å². The molecule has 2 aliphatic heterocycles. The van der Waals surface area contributed by atoms with Gasteiger partial charge in [-0.05, 0) is 18.4 Å². The van der Waals surface area contributed by atoms with Gasteiger partial charge in [0.1, 0.15) is 12.6 Å². The first kappa shape index (κ1) is 17.2. The van der Waals surface area contributed by atoms with Crippen molar-refractivity contribution in [3.8, 4) is 0 Å². The molecule has 1 aromatic carbocycles. The first-order valence-electron chi connectivity index (χ1n) is 8.29. The normalized spacial score (nSPS) is 22.1. The third-order valence-electron chi connectivity index (χ3n) is 4.48. The molecule has 2 saturated heterocycles. The first-order chi connectivity index (χ1) is 12.0. The van der Waals surface area contributed by atoms with E-state index in [9.17, 15) is 14.4 Å². The maximum Gasteiger partial charge on any atom is 0.345 e. The van der Waals surface area contributed by atoms with E-state index in [1.54, 1.807) is 0 Å². The number of carbonyl (C=O) groups is 3. The number of fused-ring (bicyclic) bond motifs is 2. The molecule has 0 spiro atoms. The average molecular weight is 346 g/mol. The molecule has 25 heavy (non-hydrogen) atoms. The van der Waals surface area contributed by atoms with Crippen molar-refractivity contribution in [3.05, 3.63) is 35.9 Å². The van der Waals surface area contributed by atoms with Gasteiger partial charge in [0.05, 0.1) is 6.04 Å². The van der Waals surface area contributed by atoms with E-state index >= 15 is 0 Å². The summed E-state index contributed by atoms with van der Waals surface area (Å²) in [6.45, 7) is 2.10. The molecule has 0 unspecified atom stereocenters. The Hall–Kier alpha value is -2.61.